The van der Waals surface area contributed by atoms with Crippen LogP contribution in [0.15, 0.2) is 22.7 Å². The van der Waals surface area contributed by atoms with Crippen LogP contribution in [0.25, 0.3) is 0 Å². The van der Waals surface area contributed by atoms with Gasteiger partial charge in [-0.05, 0) is 36.4 Å². The largest absolute Gasteiger partial charge is 0.441 e. The van der Waals surface area contributed by atoms with Crippen LogP contribution in [0.4, 0.5) is 18.9 Å². The molecule has 0 radical (unpaired) electrons. The molecule has 0 aromatic heterocycles. The van der Waals surface area contributed by atoms with Gasteiger partial charge in [-0.15, -0.1) is 0 Å². The minimum Gasteiger partial charge on any atom is -0.384 e. The van der Waals surface area contributed by atoms with Crippen LogP contribution in [-0.2, 0) is 0 Å². The first kappa shape index (κ1) is 13.7. The van der Waals surface area contributed by atoms with Crippen LogP contribution in [0, 0.1) is 6.92 Å². The number of aryl methyl sites for hydroxylation is 1. The molecule has 1 aromatic carbocycles. The molecule has 0 atom stereocenters. The van der Waals surface area contributed by atoms with Gasteiger partial charge >= 0.3 is 5.51 Å². The van der Waals surface area contributed by atoms with Crippen LogP contribution in [0.1, 0.15) is 5.56 Å². The first-order chi connectivity index (χ1) is 7.38. The molecular formula is C10H11BrF3NS. The molecule has 0 amide bonds. The third kappa shape index (κ3) is 5.12. The van der Waals surface area contributed by atoms with Gasteiger partial charge in [0.25, 0.3) is 0 Å². The van der Waals surface area contributed by atoms with Crippen LogP contribution in [0.2, 0.25) is 0 Å². The molecule has 0 fully saturated rings. The summed E-state index contributed by atoms with van der Waals surface area (Å²) in [6, 6.07) is 5.61. The Labute approximate surface area is 105 Å². The molecule has 0 aliphatic carbocycles. The summed E-state index contributed by atoms with van der Waals surface area (Å²) in [5.41, 5.74) is -2.23. The highest BCUT2D eigenvalue weighted by Crippen LogP contribution is 2.29. The fourth-order valence-electron chi connectivity index (χ4n) is 1.06. The lowest BCUT2D eigenvalue weighted by molar-refractivity contribution is -0.0327. The van der Waals surface area contributed by atoms with E-state index in [2.05, 4.69) is 21.2 Å². The summed E-state index contributed by atoms with van der Waals surface area (Å²) in [7, 11) is 0. The highest BCUT2D eigenvalue weighted by atomic mass is 79.9. The SMILES string of the molecule is Cc1ccc(NCCSC(F)(F)F)cc1Br. The molecule has 0 spiro atoms. The van der Waals surface area contributed by atoms with Crippen LogP contribution in [-0.4, -0.2) is 17.8 Å². The van der Waals surface area contributed by atoms with E-state index in [0.29, 0.717) is 6.54 Å². The third-order valence-electron chi connectivity index (χ3n) is 1.87. The Bertz CT molecular complexity index is 354. The fraction of sp³-hybridized carbons (Fsp3) is 0.400. The van der Waals surface area contributed by atoms with Gasteiger partial charge in [0, 0.05) is 22.5 Å². The molecule has 0 aliphatic heterocycles. The second kappa shape index (κ2) is 5.82. The lowest BCUT2D eigenvalue weighted by atomic mass is 10.2. The summed E-state index contributed by atoms with van der Waals surface area (Å²) in [5, 5.41) is 2.93. The van der Waals surface area contributed by atoms with Crippen molar-refractivity contribution in [3.05, 3.63) is 28.2 Å². The standard InChI is InChI=1S/C10H11BrF3NS/c1-7-2-3-8(6-9(7)11)15-4-5-16-10(12,13)14/h2-3,6,15H,4-5H2,1H3. The number of hydrogen-bond donors (Lipinski definition) is 1. The fourth-order valence-corrected chi connectivity index (χ4v) is 1.88. The van der Waals surface area contributed by atoms with Crippen molar-refractivity contribution < 1.29 is 13.2 Å². The number of rotatable bonds is 4. The van der Waals surface area contributed by atoms with E-state index in [4.69, 9.17) is 0 Å². The predicted molar refractivity (Wildman–Crippen MR) is 65.9 cm³/mol. The number of benzene rings is 1. The zero-order valence-corrected chi connectivity index (χ0v) is 11.0. The number of alkyl halides is 3. The van der Waals surface area contributed by atoms with Crippen molar-refractivity contribution in [1.29, 1.82) is 0 Å². The zero-order valence-electron chi connectivity index (χ0n) is 8.57. The molecule has 6 heteroatoms. The van der Waals surface area contributed by atoms with Crippen molar-refractivity contribution in [3.63, 3.8) is 0 Å². The molecule has 0 unspecified atom stereocenters. The highest BCUT2D eigenvalue weighted by molar-refractivity contribution is 9.10. The first-order valence-corrected chi connectivity index (χ1v) is 6.37. The van der Waals surface area contributed by atoms with Crippen molar-refractivity contribution in [3.8, 4) is 0 Å². The summed E-state index contributed by atoms with van der Waals surface area (Å²) in [6.45, 7) is 2.24. The highest BCUT2D eigenvalue weighted by Gasteiger charge is 2.27. The van der Waals surface area contributed by atoms with E-state index in [1.165, 1.54) is 0 Å². The van der Waals surface area contributed by atoms with Crippen molar-refractivity contribution >= 4 is 33.4 Å². The van der Waals surface area contributed by atoms with Crippen LogP contribution < -0.4 is 5.32 Å². The Kier molecular flexibility index (Phi) is 4.98. The molecule has 0 aliphatic rings. The number of anilines is 1. The van der Waals surface area contributed by atoms with Gasteiger partial charge in [-0.1, -0.05) is 22.0 Å². The van der Waals surface area contributed by atoms with Gasteiger partial charge in [0.05, 0.1) is 0 Å². The second-order valence-electron chi connectivity index (χ2n) is 3.18. The maximum atomic E-state index is 11.8. The number of nitrogens with one attached hydrogen (secondary N) is 1. The normalized spacial score (nSPS) is 11.6. The van der Waals surface area contributed by atoms with E-state index in [1.807, 2.05) is 25.1 Å². The molecule has 1 aromatic rings. The molecule has 0 heterocycles. The second-order valence-corrected chi connectivity index (χ2v) is 5.20. The average molecular weight is 314 g/mol. The van der Waals surface area contributed by atoms with Gasteiger partial charge in [0.15, 0.2) is 0 Å². The number of thioether (sulfide) groups is 1. The number of hydrogen-bond acceptors (Lipinski definition) is 2. The molecule has 16 heavy (non-hydrogen) atoms. The van der Waals surface area contributed by atoms with Crippen molar-refractivity contribution in [2.45, 2.75) is 12.4 Å². The molecule has 0 bridgehead atoms. The van der Waals surface area contributed by atoms with Gasteiger partial charge in [-0.3, -0.25) is 0 Å². The monoisotopic (exact) mass is 313 g/mol. The van der Waals surface area contributed by atoms with Crippen LogP contribution >= 0.6 is 27.7 Å². The average Bonchev–Trinajstić information content (AvgIpc) is 2.17. The Hall–Kier alpha value is -0.360. The van der Waals surface area contributed by atoms with Crippen molar-refractivity contribution in [2.24, 2.45) is 0 Å². The van der Waals surface area contributed by atoms with Crippen LogP contribution in [0.3, 0.4) is 0 Å². The molecule has 1 rings (SSSR count). The molecule has 1 nitrogen and oxygen atoms in total. The quantitative estimate of drug-likeness (QED) is 0.826. The van der Waals surface area contributed by atoms with E-state index >= 15 is 0 Å². The molecular weight excluding hydrogens is 303 g/mol. The molecule has 1 N–H and O–H groups in total. The predicted octanol–water partition coefficient (Wildman–Crippen LogP) is 4.42. The maximum absolute atomic E-state index is 11.8. The van der Waals surface area contributed by atoms with Crippen molar-refractivity contribution in [1.82, 2.24) is 0 Å². The summed E-state index contributed by atoms with van der Waals surface area (Å²) in [6.07, 6.45) is 0. The van der Waals surface area contributed by atoms with E-state index in [9.17, 15) is 13.2 Å². The minimum atomic E-state index is -4.14. The maximum Gasteiger partial charge on any atom is 0.441 e. The Morgan fingerprint density at radius 3 is 2.62 bits per heavy atom. The minimum absolute atomic E-state index is 0.00892. The van der Waals surface area contributed by atoms with Gasteiger partial charge in [-0.2, -0.15) is 13.2 Å². The smallest absolute Gasteiger partial charge is 0.384 e. The van der Waals surface area contributed by atoms with Crippen molar-refractivity contribution in [2.75, 3.05) is 17.6 Å². The first-order valence-electron chi connectivity index (χ1n) is 4.59. The summed E-state index contributed by atoms with van der Waals surface area (Å²) < 4.78 is 36.4. The van der Waals surface area contributed by atoms with E-state index in [1.54, 1.807) is 0 Å². The summed E-state index contributed by atoms with van der Waals surface area (Å²) in [4.78, 5) is 0. The van der Waals surface area contributed by atoms with E-state index < -0.39 is 5.51 Å². The van der Waals surface area contributed by atoms with Gasteiger partial charge in [0.1, 0.15) is 0 Å². The number of halogens is 4. The lowest BCUT2D eigenvalue weighted by Crippen LogP contribution is -2.09. The molecule has 0 saturated carbocycles. The lowest BCUT2D eigenvalue weighted by Gasteiger charge is -2.09. The Morgan fingerprint density at radius 1 is 1.38 bits per heavy atom. The van der Waals surface area contributed by atoms with E-state index in [-0.39, 0.29) is 17.5 Å². The Morgan fingerprint density at radius 2 is 2.06 bits per heavy atom. The topological polar surface area (TPSA) is 12.0 Å². The van der Waals surface area contributed by atoms with Gasteiger partial charge < -0.3 is 5.32 Å². The molecule has 90 valence electrons. The van der Waals surface area contributed by atoms with Gasteiger partial charge in [0.2, 0.25) is 0 Å². The van der Waals surface area contributed by atoms with E-state index in [0.717, 1.165) is 15.7 Å². The molecule has 0 saturated heterocycles. The van der Waals surface area contributed by atoms with Gasteiger partial charge in [-0.25, -0.2) is 0 Å². The Balaban J connectivity index is 2.35. The third-order valence-corrected chi connectivity index (χ3v) is 3.46. The van der Waals surface area contributed by atoms with Crippen LogP contribution in [0.5, 0.6) is 0 Å². The zero-order chi connectivity index (χ0) is 12.2. The summed E-state index contributed by atoms with van der Waals surface area (Å²) in [5.74, 6) is 0.00892. The summed E-state index contributed by atoms with van der Waals surface area (Å²) >= 11 is 3.35.